The monoisotopic (exact) mass is 402 g/mol. The molecule has 1 saturated heterocycles. The minimum atomic E-state index is -0.322. The van der Waals surface area contributed by atoms with Crippen LogP contribution in [-0.4, -0.2) is 29.8 Å². The number of nitrogens with one attached hydrogen (secondary N) is 1. The Morgan fingerprint density at radius 3 is 2.03 bits per heavy atom. The third-order valence-electron chi connectivity index (χ3n) is 5.71. The van der Waals surface area contributed by atoms with Crippen molar-refractivity contribution in [2.75, 3.05) is 13.1 Å². The van der Waals surface area contributed by atoms with E-state index in [0.29, 0.717) is 32.5 Å². The van der Waals surface area contributed by atoms with Crippen molar-refractivity contribution >= 4 is 11.8 Å². The Labute approximate surface area is 176 Å². The molecule has 4 rings (SSSR count). The SMILES string of the molecule is O=C(NCc1ccco1)C1CCN(C(=O)C(c2ccccc2)c2ccccc2)CC1. The Hall–Kier alpha value is -3.34. The number of hydrogen-bond donors (Lipinski definition) is 1. The van der Waals surface area contributed by atoms with Gasteiger partial charge in [0.25, 0.3) is 0 Å². The molecule has 5 heteroatoms. The highest BCUT2D eigenvalue weighted by molar-refractivity contribution is 5.87. The van der Waals surface area contributed by atoms with Gasteiger partial charge in [0.2, 0.25) is 11.8 Å². The van der Waals surface area contributed by atoms with Gasteiger partial charge in [0.05, 0.1) is 18.7 Å². The number of furan rings is 1. The Balaban J connectivity index is 1.40. The minimum absolute atomic E-state index is 0.0289. The van der Waals surface area contributed by atoms with E-state index in [9.17, 15) is 9.59 Å². The number of amides is 2. The van der Waals surface area contributed by atoms with Crippen molar-refractivity contribution in [1.29, 1.82) is 0 Å². The molecule has 0 unspecified atom stereocenters. The zero-order valence-electron chi connectivity index (χ0n) is 16.9. The van der Waals surface area contributed by atoms with Crippen LogP contribution < -0.4 is 5.32 Å². The molecular weight excluding hydrogens is 376 g/mol. The van der Waals surface area contributed by atoms with Crippen LogP contribution in [0, 0.1) is 5.92 Å². The lowest BCUT2D eigenvalue weighted by Crippen LogP contribution is -2.44. The summed E-state index contributed by atoms with van der Waals surface area (Å²) in [6.07, 6.45) is 2.94. The summed E-state index contributed by atoms with van der Waals surface area (Å²) >= 11 is 0. The molecule has 0 saturated carbocycles. The van der Waals surface area contributed by atoms with Gasteiger partial charge in [0, 0.05) is 19.0 Å². The Bertz CT molecular complexity index is 907. The highest BCUT2D eigenvalue weighted by Gasteiger charge is 2.32. The van der Waals surface area contributed by atoms with Crippen molar-refractivity contribution < 1.29 is 14.0 Å². The topological polar surface area (TPSA) is 62.6 Å². The van der Waals surface area contributed by atoms with Crippen LogP contribution in [0.1, 0.15) is 35.6 Å². The molecule has 30 heavy (non-hydrogen) atoms. The Kier molecular flexibility index (Phi) is 6.28. The predicted octanol–water partition coefficient (Wildman–Crippen LogP) is 3.97. The Morgan fingerprint density at radius 2 is 1.50 bits per heavy atom. The number of piperidine rings is 1. The van der Waals surface area contributed by atoms with Crippen molar-refractivity contribution in [2.45, 2.75) is 25.3 Å². The first kappa shape index (κ1) is 20.0. The molecular formula is C25H26N2O3. The van der Waals surface area contributed by atoms with Crippen LogP contribution in [0.5, 0.6) is 0 Å². The van der Waals surface area contributed by atoms with Crippen molar-refractivity contribution in [3.8, 4) is 0 Å². The van der Waals surface area contributed by atoms with Crippen molar-refractivity contribution in [1.82, 2.24) is 10.2 Å². The molecule has 1 aliphatic rings. The van der Waals surface area contributed by atoms with Gasteiger partial charge in [-0.15, -0.1) is 0 Å². The van der Waals surface area contributed by atoms with Gasteiger partial charge in [-0.05, 0) is 36.1 Å². The summed E-state index contributed by atoms with van der Waals surface area (Å²) in [7, 11) is 0. The molecule has 0 spiro atoms. The van der Waals surface area contributed by atoms with E-state index in [1.54, 1.807) is 6.26 Å². The van der Waals surface area contributed by atoms with E-state index >= 15 is 0 Å². The van der Waals surface area contributed by atoms with E-state index in [1.807, 2.05) is 77.7 Å². The fourth-order valence-electron chi connectivity index (χ4n) is 4.04. The second kappa shape index (κ2) is 9.44. The Morgan fingerprint density at radius 1 is 0.900 bits per heavy atom. The average molecular weight is 402 g/mol. The summed E-state index contributed by atoms with van der Waals surface area (Å²) < 4.78 is 5.26. The number of carbonyl (C=O) groups is 2. The standard InChI is InChI=1S/C25H26N2O3/c28-24(26-18-22-12-7-17-30-22)21-13-15-27(16-14-21)25(29)23(19-8-3-1-4-9-19)20-10-5-2-6-11-20/h1-12,17,21,23H,13-16,18H2,(H,26,28). The van der Waals surface area contributed by atoms with Crippen LogP contribution in [0.15, 0.2) is 83.5 Å². The van der Waals surface area contributed by atoms with Crippen LogP contribution >= 0.6 is 0 Å². The summed E-state index contributed by atoms with van der Waals surface area (Å²) in [5.41, 5.74) is 1.99. The summed E-state index contributed by atoms with van der Waals surface area (Å²) in [4.78, 5) is 27.9. The molecule has 0 aliphatic carbocycles. The van der Waals surface area contributed by atoms with Crippen LogP contribution in [0.3, 0.4) is 0 Å². The molecule has 5 nitrogen and oxygen atoms in total. The van der Waals surface area contributed by atoms with E-state index in [2.05, 4.69) is 5.32 Å². The fraction of sp³-hybridized carbons (Fsp3) is 0.280. The van der Waals surface area contributed by atoms with Crippen LogP contribution in [0.25, 0.3) is 0 Å². The van der Waals surface area contributed by atoms with Gasteiger partial charge in [-0.25, -0.2) is 0 Å². The van der Waals surface area contributed by atoms with Gasteiger partial charge < -0.3 is 14.6 Å². The third-order valence-corrected chi connectivity index (χ3v) is 5.71. The first-order chi connectivity index (χ1) is 14.7. The summed E-state index contributed by atoms with van der Waals surface area (Å²) in [6, 6.07) is 23.5. The molecule has 0 atom stereocenters. The molecule has 2 amide bonds. The number of benzene rings is 2. The number of rotatable bonds is 6. The maximum absolute atomic E-state index is 13.5. The number of nitrogens with zero attached hydrogens (tertiary/aromatic N) is 1. The third kappa shape index (κ3) is 4.62. The maximum atomic E-state index is 13.5. The average Bonchev–Trinajstić information content (AvgIpc) is 3.33. The van der Waals surface area contributed by atoms with Crippen LogP contribution in [0.4, 0.5) is 0 Å². The molecule has 2 aromatic carbocycles. The highest BCUT2D eigenvalue weighted by atomic mass is 16.3. The molecule has 1 aliphatic heterocycles. The van der Waals surface area contributed by atoms with E-state index in [4.69, 9.17) is 4.42 Å². The summed E-state index contributed by atoms with van der Waals surface area (Å²) in [5.74, 6) is 0.472. The molecule has 1 fully saturated rings. The molecule has 1 N–H and O–H groups in total. The second-order valence-corrected chi connectivity index (χ2v) is 7.65. The zero-order chi connectivity index (χ0) is 20.8. The number of carbonyl (C=O) groups excluding carboxylic acids is 2. The van der Waals surface area contributed by atoms with Gasteiger partial charge in [-0.1, -0.05) is 60.7 Å². The predicted molar refractivity (Wildman–Crippen MR) is 115 cm³/mol. The van der Waals surface area contributed by atoms with Gasteiger partial charge in [0.15, 0.2) is 0 Å². The normalized spacial score (nSPS) is 14.6. The fourth-order valence-corrected chi connectivity index (χ4v) is 4.04. The lowest BCUT2D eigenvalue weighted by atomic mass is 9.88. The number of hydrogen-bond acceptors (Lipinski definition) is 3. The maximum Gasteiger partial charge on any atom is 0.234 e. The van der Waals surface area contributed by atoms with Crippen LogP contribution in [-0.2, 0) is 16.1 Å². The molecule has 0 radical (unpaired) electrons. The van der Waals surface area contributed by atoms with Gasteiger partial charge in [0.1, 0.15) is 5.76 Å². The zero-order valence-corrected chi connectivity index (χ0v) is 16.9. The van der Waals surface area contributed by atoms with E-state index in [1.165, 1.54) is 0 Å². The lowest BCUT2D eigenvalue weighted by molar-refractivity contribution is -0.136. The molecule has 2 heterocycles. The summed E-state index contributed by atoms with van der Waals surface area (Å²) in [6.45, 7) is 1.58. The largest absolute Gasteiger partial charge is 0.467 e. The van der Waals surface area contributed by atoms with E-state index < -0.39 is 0 Å². The minimum Gasteiger partial charge on any atom is -0.467 e. The number of likely N-dealkylation sites (tertiary alicyclic amines) is 1. The van der Waals surface area contributed by atoms with Crippen molar-refractivity contribution in [2.24, 2.45) is 5.92 Å². The smallest absolute Gasteiger partial charge is 0.234 e. The quantitative estimate of drug-likeness (QED) is 0.679. The first-order valence-corrected chi connectivity index (χ1v) is 10.4. The lowest BCUT2D eigenvalue weighted by Gasteiger charge is -2.34. The summed E-state index contributed by atoms with van der Waals surface area (Å²) in [5, 5.41) is 2.94. The molecule has 3 aromatic rings. The van der Waals surface area contributed by atoms with E-state index in [-0.39, 0.29) is 23.7 Å². The second-order valence-electron chi connectivity index (χ2n) is 7.65. The van der Waals surface area contributed by atoms with Gasteiger partial charge >= 0.3 is 0 Å². The molecule has 154 valence electrons. The molecule has 0 bridgehead atoms. The van der Waals surface area contributed by atoms with Gasteiger partial charge in [-0.2, -0.15) is 0 Å². The van der Waals surface area contributed by atoms with Crippen LogP contribution in [0.2, 0.25) is 0 Å². The van der Waals surface area contributed by atoms with Crippen molar-refractivity contribution in [3.05, 3.63) is 95.9 Å². The van der Waals surface area contributed by atoms with Gasteiger partial charge in [-0.3, -0.25) is 9.59 Å². The highest BCUT2D eigenvalue weighted by Crippen LogP contribution is 2.29. The van der Waals surface area contributed by atoms with Crippen molar-refractivity contribution in [3.63, 3.8) is 0 Å². The first-order valence-electron chi connectivity index (χ1n) is 10.4. The molecule has 1 aromatic heterocycles. The van der Waals surface area contributed by atoms with E-state index in [0.717, 1.165) is 16.9 Å².